The van der Waals surface area contributed by atoms with Crippen LogP contribution in [-0.2, 0) is 22.6 Å². The summed E-state index contributed by atoms with van der Waals surface area (Å²) in [6.45, 7) is 5.66. The quantitative estimate of drug-likeness (QED) is 0.378. The summed E-state index contributed by atoms with van der Waals surface area (Å²) in [4.78, 5) is 32.7. The Morgan fingerprint density at radius 1 is 0.900 bits per heavy atom. The maximum atomic E-state index is 13.1. The summed E-state index contributed by atoms with van der Waals surface area (Å²) in [5, 5.41) is 3.22. The molecule has 0 atom stereocenters. The van der Waals surface area contributed by atoms with E-state index in [0.29, 0.717) is 26.1 Å². The van der Waals surface area contributed by atoms with Gasteiger partial charge < -0.3 is 25.8 Å². The van der Waals surface area contributed by atoms with E-state index in [0.717, 1.165) is 79.1 Å². The summed E-state index contributed by atoms with van der Waals surface area (Å²) in [6, 6.07) is 24.6. The predicted octanol–water partition coefficient (Wildman–Crippen LogP) is 4.37. The molecule has 0 bridgehead atoms. The predicted molar refractivity (Wildman–Crippen MR) is 162 cm³/mol. The molecule has 3 aromatic rings. The molecule has 0 unspecified atom stereocenters. The minimum atomic E-state index is -0.0263. The molecule has 2 amide bonds. The molecule has 5 rings (SSSR count). The molecular weight excluding hydrogens is 498 g/mol. The average molecular weight is 540 g/mol. The zero-order valence-electron chi connectivity index (χ0n) is 23.5. The minimum Gasteiger partial charge on any atom is -0.367 e. The second kappa shape index (κ2) is 13.1. The molecule has 1 saturated carbocycles. The van der Waals surface area contributed by atoms with Gasteiger partial charge in [0.1, 0.15) is 0 Å². The number of anilines is 2. The number of nitrogens with one attached hydrogen (secondary N) is 1. The van der Waals surface area contributed by atoms with Crippen LogP contribution in [0.3, 0.4) is 0 Å². The Balaban J connectivity index is 1.39. The van der Waals surface area contributed by atoms with E-state index in [9.17, 15) is 9.59 Å². The van der Waals surface area contributed by atoms with E-state index in [1.54, 1.807) is 0 Å². The minimum absolute atomic E-state index is 0.0263. The van der Waals surface area contributed by atoms with E-state index in [4.69, 9.17) is 5.73 Å². The highest BCUT2D eigenvalue weighted by atomic mass is 16.2. The van der Waals surface area contributed by atoms with Crippen molar-refractivity contribution in [3.63, 3.8) is 0 Å². The third kappa shape index (κ3) is 7.29. The number of rotatable bonds is 11. The molecule has 3 N–H and O–H groups in total. The van der Waals surface area contributed by atoms with E-state index < -0.39 is 0 Å². The molecule has 7 nitrogen and oxygen atoms in total. The van der Waals surface area contributed by atoms with Gasteiger partial charge in [-0.2, -0.15) is 0 Å². The highest BCUT2D eigenvalue weighted by molar-refractivity contribution is 5.96. The van der Waals surface area contributed by atoms with Crippen molar-refractivity contribution in [1.29, 1.82) is 0 Å². The maximum absolute atomic E-state index is 13.1. The van der Waals surface area contributed by atoms with Crippen LogP contribution < -0.4 is 16.0 Å². The van der Waals surface area contributed by atoms with Gasteiger partial charge in [0.05, 0.1) is 17.8 Å². The summed E-state index contributed by atoms with van der Waals surface area (Å²) in [5.74, 6) is 0.408. The lowest BCUT2D eigenvalue weighted by atomic mass is 10.0. The SMILES string of the molecule is CN1CCN(c2ccc(-c3cccc(CN(CCCN)C(=O)C4CC4)c3)cc2NC(=O)Cc2ccccc2)CC1. The van der Waals surface area contributed by atoms with Crippen molar-refractivity contribution in [3.05, 3.63) is 83.9 Å². The van der Waals surface area contributed by atoms with Gasteiger partial charge in [0.15, 0.2) is 0 Å². The van der Waals surface area contributed by atoms with Gasteiger partial charge in [-0.15, -0.1) is 0 Å². The molecular formula is C33H41N5O2. The van der Waals surface area contributed by atoms with E-state index >= 15 is 0 Å². The summed E-state index contributed by atoms with van der Waals surface area (Å²) >= 11 is 0. The topological polar surface area (TPSA) is 81.9 Å². The Labute approximate surface area is 238 Å². The molecule has 2 fully saturated rings. The number of piperazine rings is 1. The zero-order chi connectivity index (χ0) is 27.9. The molecule has 7 heteroatoms. The number of carbonyl (C=O) groups excluding carboxylic acids is 2. The largest absolute Gasteiger partial charge is 0.367 e. The van der Waals surface area contributed by atoms with E-state index in [1.807, 2.05) is 35.2 Å². The Kier molecular flexibility index (Phi) is 9.14. The van der Waals surface area contributed by atoms with Crippen molar-refractivity contribution in [2.24, 2.45) is 11.7 Å². The van der Waals surface area contributed by atoms with E-state index in [2.05, 4.69) is 64.6 Å². The Hall–Kier alpha value is -3.68. The molecule has 1 aliphatic heterocycles. The molecule has 0 spiro atoms. The van der Waals surface area contributed by atoms with Gasteiger partial charge in [0, 0.05) is 45.2 Å². The fraction of sp³-hybridized carbons (Fsp3) is 0.394. The van der Waals surface area contributed by atoms with Gasteiger partial charge in [-0.05, 0) is 73.3 Å². The van der Waals surface area contributed by atoms with Crippen molar-refractivity contribution in [2.45, 2.75) is 32.2 Å². The van der Waals surface area contributed by atoms with Gasteiger partial charge in [-0.1, -0.05) is 54.6 Å². The van der Waals surface area contributed by atoms with Crippen LogP contribution in [0.2, 0.25) is 0 Å². The molecule has 40 heavy (non-hydrogen) atoms. The molecule has 2 aliphatic rings. The van der Waals surface area contributed by atoms with Gasteiger partial charge in [-0.25, -0.2) is 0 Å². The zero-order valence-corrected chi connectivity index (χ0v) is 23.5. The van der Waals surface area contributed by atoms with Crippen LogP contribution >= 0.6 is 0 Å². The van der Waals surface area contributed by atoms with Gasteiger partial charge >= 0.3 is 0 Å². The van der Waals surface area contributed by atoms with E-state index in [1.165, 1.54) is 0 Å². The highest BCUT2D eigenvalue weighted by Crippen LogP contribution is 2.34. The van der Waals surface area contributed by atoms with Crippen LogP contribution in [0.4, 0.5) is 11.4 Å². The number of likely N-dealkylation sites (N-methyl/N-ethyl adjacent to an activating group) is 1. The summed E-state index contributed by atoms with van der Waals surface area (Å²) in [7, 11) is 2.14. The lowest BCUT2D eigenvalue weighted by Gasteiger charge is -2.35. The molecule has 0 aromatic heterocycles. The first-order valence-corrected chi connectivity index (χ1v) is 14.5. The summed E-state index contributed by atoms with van der Waals surface area (Å²) in [5.41, 5.74) is 11.8. The van der Waals surface area contributed by atoms with Gasteiger partial charge in [0.25, 0.3) is 0 Å². The second-order valence-corrected chi connectivity index (χ2v) is 11.1. The maximum Gasteiger partial charge on any atom is 0.228 e. The van der Waals surface area contributed by atoms with E-state index in [-0.39, 0.29) is 17.7 Å². The number of nitrogens with two attached hydrogens (primary N) is 1. The van der Waals surface area contributed by atoms with Crippen molar-refractivity contribution in [3.8, 4) is 11.1 Å². The number of nitrogens with zero attached hydrogens (tertiary/aromatic N) is 3. The summed E-state index contributed by atoms with van der Waals surface area (Å²) in [6.07, 6.45) is 3.13. The van der Waals surface area contributed by atoms with Crippen LogP contribution in [0.25, 0.3) is 11.1 Å². The van der Waals surface area contributed by atoms with Crippen LogP contribution in [-0.4, -0.2) is 67.9 Å². The Morgan fingerprint density at radius 3 is 2.35 bits per heavy atom. The normalized spacial score (nSPS) is 15.6. The summed E-state index contributed by atoms with van der Waals surface area (Å²) < 4.78 is 0. The van der Waals surface area contributed by atoms with Gasteiger partial charge in [-0.3, -0.25) is 9.59 Å². The molecule has 0 radical (unpaired) electrons. The van der Waals surface area contributed by atoms with Gasteiger partial charge in [0.2, 0.25) is 11.8 Å². The lowest BCUT2D eigenvalue weighted by Crippen LogP contribution is -2.44. The number of hydrogen-bond acceptors (Lipinski definition) is 5. The third-order valence-electron chi connectivity index (χ3n) is 7.83. The van der Waals surface area contributed by atoms with Crippen LogP contribution in [0.15, 0.2) is 72.8 Å². The molecule has 1 heterocycles. The fourth-order valence-corrected chi connectivity index (χ4v) is 5.32. The third-order valence-corrected chi connectivity index (χ3v) is 7.83. The molecule has 1 aliphatic carbocycles. The first-order chi connectivity index (χ1) is 19.5. The lowest BCUT2D eigenvalue weighted by molar-refractivity contribution is -0.133. The van der Waals surface area contributed by atoms with Crippen LogP contribution in [0.5, 0.6) is 0 Å². The Morgan fingerprint density at radius 2 is 1.62 bits per heavy atom. The number of hydrogen-bond donors (Lipinski definition) is 2. The standard InChI is InChI=1S/C33H41N5O2/c1-36-17-19-37(20-18-36)31-14-13-29(23-30(31)35-32(39)22-25-7-3-2-4-8-25)28-10-5-9-26(21-28)24-38(16-6-15-34)33(40)27-11-12-27/h2-5,7-10,13-14,21,23,27H,6,11-12,15-20,22,24,34H2,1H3,(H,35,39). The smallest absolute Gasteiger partial charge is 0.228 e. The highest BCUT2D eigenvalue weighted by Gasteiger charge is 2.33. The van der Waals surface area contributed by atoms with Crippen molar-refractivity contribution < 1.29 is 9.59 Å². The average Bonchev–Trinajstić information content (AvgIpc) is 3.82. The number of benzene rings is 3. The number of amides is 2. The Bertz CT molecular complexity index is 1300. The first kappa shape index (κ1) is 27.9. The first-order valence-electron chi connectivity index (χ1n) is 14.5. The van der Waals surface area contributed by atoms with Crippen molar-refractivity contribution >= 4 is 23.2 Å². The van der Waals surface area contributed by atoms with Crippen LogP contribution in [0, 0.1) is 5.92 Å². The monoisotopic (exact) mass is 539 g/mol. The van der Waals surface area contributed by atoms with Crippen molar-refractivity contribution in [2.75, 3.05) is 56.5 Å². The molecule has 3 aromatic carbocycles. The fourth-order valence-electron chi connectivity index (χ4n) is 5.32. The number of carbonyl (C=O) groups is 2. The molecule has 1 saturated heterocycles. The van der Waals surface area contributed by atoms with Crippen molar-refractivity contribution in [1.82, 2.24) is 9.80 Å². The molecule has 210 valence electrons. The second-order valence-electron chi connectivity index (χ2n) is 11.1. The van der Waals surface area contributed by atoms with Crippen LogP contribution in [0.1, 0.15) is 30.4 Å².